The monoisotopic (exact) mass is 315 g/mol. The van der Waals surface area contributed by atoms with E-state index in [0.29, 0.717) is 5.56 Å². The van der Waals surface area contributed by atoms with E-state index in [0.717, 1.165) is 16.7 Å². The molecule has 0 aromatic heterocycles. The highest BCUT2D eigenvalue weighted by atomic mass is 16.1. The molecule has 1 atom stereocenters. The Morgan fingerprint density at radius 3 is 2.00 bits per heavy atom. The molecule has 1 amide bonds. The normalized spacial score (nSPS) is 11.8. The van der Waals surface area contributed by atoms with Crippen molar-refractivity contribution in [3.63, 3.8) is 0 Å². The van der Waals surface area contributed by atoms with Gasteiger partial charge in [0.1, 0.15) is 0 Å². The van der Waals surface area contributed by atoms with Crippen molar-refractivity contribution in [2.24, 2.45) is 0 Å². The van der Waals surface area contributed by atoms with Gasteiger partial charge in [0.05, 0.1) is 6.04 Å². The van der Waals surface area contributed by atoms with E-state index in [1.54, 1.807) is 0 Å². The molecule has 0 aliphatic heterocycles. The zero-order valence-corrected chi connectivity index (χ0v) is 14.0. The lowest BCUT2D eigenvalue weighted by atomic mass is 10.0. The lowest BCUT2D eigenvalue weighted by Gasteiger charge is -2.15. The summed E-state index contributed by atoms with van der Waals surface area (Å²) in [4.78, 5) is 12.4. The van der Waals surface area contributed by atoms with E-state index in [1.807, 2.05) is 49.4 Å². The van der Waals surface area contributed by atoms with Crippen molar-refractivity contribution in [2.75, 3.05) is 0 Å². The molecule has 0 aliphatic carbocycles. The summed E-state index contributed by atoms with van der Waals surface area (Å²) < 4.78 is 0. The third-order valence-electron chi connectivity index (χ3n) is 4.18. The van der Waals surface area contributed by atoms with Crippen LogP contribution in [0.2, 0.25) is 0 Å². The predicted octanol–water partition coefficient (Wildman–Crippen LogP) is 5.15. The molecule has 2 nitrogen and oxygen atoms in total. The minimum absolute atomic E-state index is 0.0214. The van der Waals surface area contributed by atoms with Crippen LogP contribution in [0, 0.1) is 6.92 Å². The maximum absolute atomic E-state index is 12.4. The fraction of sp³-hybridized carbons (Fsp3) is 0.136. The van der Waals surface area contributed by atoms with E-state index in [4.69, 9.17) is 0 Å². The van der Waals surface area contributed by atoms with Crippen LogP contribution >= 0.6 is 0 Å². The first-order chi connectivity index (χ1) is 11.6. The van der Waals surface area contributed by atoms with Gasteiger partial charge in [0, 0.05) is 5.56 Å². The number of rotatable bonds is 4. The van der Waals surface area contributed by atoms with E-state index in [2.05, 4.69) is 48.6 Å². The molecule has 0 bridgehead atoms. The molecular formula is C22H21NO. The van der Waals surface area contributed by atoms with Gasteiger partial charge in [-0.05, 0) is 42.7 Å². The van der Waals surface area contributed by atoms with Crippen LogP contribution in [0.15, 0.2) is 78.9 Å². The molecule has 0 saturated carbocycles. The lowest BCUT2D eigenvalue weighted by Crippen LogP contribution is -2.26. The molecule has 1 N–H and O–H groups in total. The van der Waals surface area contributed by atoms with Crippen LogP contribution in [0.5, 0.6) is 0 Å². The Labute approximate surface area is 143 Å². The van der Waals surface area contributed by atoms with Crippen molar-refractivity contribution >= 4 is 5.91 Å². The van der Waals surface area contributed by atoms with Crippen molar-refractivity contribution in [2.45, 2.75) is 19.9 Å². The standard InChI is InChI=1S/C22H21NO/c1-16-8-10-18(11-9-16)17(2)23-22(24)21-14-12-20(13-15-21)19-6-4-3-5-7-19/h3-15,17H,1-2H3,(H,23,24)/t17-/m0/s1. The molecule has 3 aromatic rings. The van der Waals surface area contributed by atoms with Gasteiger partial charge in [-0.3, -0.25) is 4.79 Å². The maximum Gasteiger partial charge on any atom is 0.251 e. The summed E-state index contributed by atoms with van der Waals surface area (Å²) in [7, 11) is 0. The SMILES string of the molecule is Cc1ccc([C@H](C)NC(=O)c2ccc(-c3ccccc3)cc2)cc1. The Kier molecular flexibility index (Phi) is 4.76. The molecule has 0 saturated heterocycles. The van der Waals surface area contributed by atoms with Gasteiger partial charge in [-0.15, -0.1) is 0 Å². The number of aryl methyl sites for hydroxylation is 1. The fourth-order valence-corrected chi connectivity index (χ4v) is 2.66. The van der Waals surface area contributed by atoms with E-state index in [9.17, 15) is 4.79 Å². The molecule has 3 aromatic carbocycles. The molecule has 0 spiro atoms. The summed E-state index contributed by atoms with van der Waals surface area (Å²) in [6.07, 6.45) is 0. The maximum atomic E-state index is 12.4. The van der Waals surface area contributed by atoms with Gasteiger partial charge in [-0.2, -0.15) is 0 Å². The van der Waals surface area contributed by atoms with Crippen LogP contribution in [-0.2, 0) is 0 Å². The number of hydrogen-bond acceptors (Lipinski definition) is 1. The molecule has 0 aliphatic rings. The van der Waals surface area contributed by atoms with Gasteiger partial charge < -0.3 is 5.32 Å². The van der Waals surface area contributed by atoms with Gasteiger partial charge in [0.25, 0.3) is 5.91 Å². The average Bonchev–Trinajstić information content (AvgIpc) is 2.63. The predicted molar refractivity (Wildman–Crippen MR) is 98.9 cm³/mol. The van der Waals surface area contributed by atoms with Crippen LogP contribution in [0.25, 0.3) is 11.1 Å². The van der Waals surface area contributed by atoms with Gasteiger partial charge in [0.2, 0.25) is 0 Å². The number of amides is 1. The summed E-state index contributed by atoms with van der Waals surface area (Å²) in [5.41, 5.74) is 5.26. The van der Waals surface area contributed by atoms with E-state index in [1.165, 1.54) is 5.56 Å². The Hall–Kier alpha value is -2.87. The summed E-state index contributed by atoms with van der Waals surface area (Å²) >= 11 is 0. The third-order valence-corrected chi connectivity index (χ3v) is 4.18. The van der Waals surface area contributed by atoms with Gasteiger partial charge >= 0.3 is 0 Å². The largest absolute Gasteiger partial charge is 0.346 e. The minimum Gasteiger partial charge on any atom is -0.346 e. The van der Waals surface area contributed by atoms with Gasteiger partial charge in [-0.1, -0.05) is 72.3 Å². The first-order valence-electron chi connectivity index (χ1n) is 8.16. The number of nitrogens with one attached hydrogen (secondary N) is 1. The van der Waals surface area contributed by atoms with Crippen molar-refractivity contribution in [1.29, 1.82) is 0 Å². The number of carbonyl (C=O) groups is 1. The highest BCUT2D eigenvalue weighted by Gasteiger charge is 2.11. The molecular weight excluding hydrogens is 294 g/mol. The van der Waals surface area contributed by atoms with Crippen molar-refractivity contribution in [1.82, 2.24) is 5.32 Å². The van der Waals surface area contributed by atoms with Crippen LogP contribution in [0.1, 0.15) is 34.5 Å². The highest BCUT2D eigenvalue weighted by Crippen LogP contribution is 2.20. The number of benzene rings is 3. The third kappa shape index (κ3) is 3.72. The molecule has 0 unspecified atom stereocenters. The smallest absolute Gasteiger partial charge is 0.251 e. The summed E-state index contributed by atoms with van der Waals surface area (Å²) in [5.74, 6) is -0.0531. The second-order valence-electron chi connectivity index (χ2n) is 6.05. The zero-order valence-electron chi connectivity index (χ0n) is 14.0. The molecule has 2 heteroatoms. The molecule has 0 fully saturated rings. The van der Waals surface area contributed by atoms with E-state index < -0.39 is 0 Å². The van der Waals surface area contributed by atoms with Crippen molar-refractivity contribution in [3.8, 4) is 11.1 Å². The van der Waals surface area contributed by atoms with Gasteiger partial charge in [0.15, 0.2) is 0 Å². The molecule has 0 radical (unpaired) electrons. The summed E-state index contributed by atoms with van der Waals surface area (Å²) in [5, 5.41) is 3.05. The van der Waals surface area contributed by atoms with Gasteiger partial charge in [-0.25, -0.2) is 0 Å². The lowest BCUT2D eigenvalue weighted by molar-refractivity contribution is 0.0940. The fourth-order valence-electron chi connectivity index (χ4n) is 2.66. The second kappa shape index (κ2) is 7.14. The molecule has 3 rings (SSSR count). The quantitative estimate of drug-likeness (QED) is 0.708. The summed E-state index contributed by atoms with van der Waals surface area (Å²) in [6, 6.07) is 26.1. The van der Waals surface area contributed by atoms with Crippen LogP contribution in [0.4, 0.5) is 0 Å². The van der Waals surface area contributed by atoms with Crippen molar-refractivity contribution < 1.29 is 4.79 Å². The Morgan fingerprint density at radius 2 is 1.38 bits per heavy atom. The molecule has 120 valence electrons. The van der Waals surface area contributed by atoms with E-state index >= 15 is 0 Å². The zero-order chi connectivity index (χ0) is 16.9. The number of hydrogen-bond donors (Lipinski definition) is 1. The van der Waals surface area contributed by atoms with Crippen molar-refractivity contribution in [3.05, 3.63) is 95.6 Å². The molecule has 24 heavy (non-hydrogen) atoms. The van der Waals surface area contributed by atoms with Crippen LogP contribution in [0.3, 0.4) is 0 Å². The first-order valence-corrected chi connectivity index (χ1v) is 8.16. The molecule has 0 heterocycles. The highest BCUT2D eigenvalue weighted by molar-refractivity contribution is 5.94. The van der Waals surface area contributed by atoms with E-state index in [-0.39, 0.29) is 11.9 Å². The second-order valence-corrected chi connectivity index (χ2v) is 6.05. The topological polar surface area (TPSA) is 29.1 Å². The van der Waals surface area contributed by atoms with Crippen LogP contribution in [-0.4, -0.2) is 5.91 Å². The Morgan fingerprint density at radius 1 is 0.792 bits per heavy atom. The number of carbonyl (C=O) groups excluding carboxylic acids is 1. The first kappa shape index (κ1) is 16.0. The Bertz CT molecular complexity index is 805. The average molecular weight is 315 g/mol. The summed E-state index contributed by atoms with van der Waals surface area (Å²) in [6.45, 7) is 4.06. The minimum atomic E-state index is -0.0531. The van der Waals surface area contributed by atoms with Crippen LogP contribution < -0.4 is 5.32 Å². The Balaban J connectivity index is 1.70.